The monoisotopic (exact) mass is 402 g/mol. The summed E-state index contributed by atoms with van der Waals surface area (Å²) in [4.78, 5) is 24.4. The summed E-state index contributed by atoms with van der Waals surface area (Å²) in [5.74, 6) is -15.1. The maximum absolute atomic E-state index is 13.6. The first-order chi connectivity index (χ1) is 13.1. The van der Waals surface area contributed by atoms with E-state index in [2.05, 4.69) is 4.74 Å². The molecule has 0 amide bonds. The number of aromatic nitrogens is 1. The highest BCUT2D eigenvalue weighted by Crippen LogP contribution is 2.30. The fourth-order valence-corrected chi connectivity index (χ4v) is 2.50. The van der Waals surface area contributed by atoms with Crippen molar-refractivity contribution < 1.29 is 36.6 Å². The number of rotatable bonds is 5. The SMILES string of the molecule is CCn1c(O)c(C(=O)COc2c(F)c(F)c(F)c(F)c2F)c(C)c(C#N)c1=O. The van der Waals surface area contributed by atoms with Crippen molar-refractivity contribution in [2.24, 2.45) is 0 Å². The summed E-state index contributed by atoms with van der Waals surface area (Å²) >= 11 is 0. The highest BCUT2D eigenvalue weighted by atomic mass is 19.2. The fourth-order valence-electron chi connectivity index (χ4n) is 2.50. The van der Waals surface area contributed by atoms with Gasteiger partial charge in [-0.15, -0.1) is 0 Å². The van der Waals surface area contributed by atoms with Crippen LogP contribution in [0.5, 0.6) is 11.6 Å². The zero-order valence-electron chi connectivity index (χ0n) is 14.4. The van der Waals surface area contributed by atoms with Crippen LogP contribution in [0.2, 0.25) is 0 Å². The molecule has 0 aliphatic rings. The molecule has 28 heavy (non-hydrogen) atoms. The molecule has 0 bridgehead atoms. The second-order valence-corrected chi connectivity index (χ2v) is 5.47. The van der Waals surface area contributed by atoms with E-state index in [4.69, 9.17) is 5.26 Å². The van der Waals surface area contributed by atoms with Crippen molar-refractivity contribution in [2.75, 3.05) is 6.61 Å². The molecule has 6 nitrogen and oxygen atoms in total. The average molecular weight is 402 g/mol. The molecule has 11 heteroatoms. The van der Waals surface area contributed by atoms with Gasteiger partial charge in [0, 0.05) is 6.54 Å². The number of hydrogen-bond acceptors (Lipinski definition) is 5. The van der Waals surface area contributed by atoms with Gasteiger partial charge < -0.3 is 9.84 Å². The van der Waals surface area contributed by atoms with Crippen molar-refractivity contribution in [1.29, 1.82) is 5.26 Å². The normalized spacial score (nSPS) is 10.6. The Morgan fingerprint density at radius 2 is 1.61 bits per heavy atom. The van der Waals surface area contributed by atoms with Crippen molar-refractivity contribution in [1.82, 2.24) is 4.57 Å². The first-order valence-electron chi connectivity index (χ1n) is 7.62. The van der Waals surface area contributed by atoms with Gasteiger partial charge in [0.1, 0.15) is 11.6 Å². The average Bonchev–Trinajstić information content (AvgIpc) is 2.65. The minimum atomic E-state index is -2.39. The minimum Gasteiger partial charge on any atom is -0.494 e. The van der Waals surface area contributed by atoms with Gasteiger partial charge >= 0.3 is 0 Å². The van der Waals surface area contributed by atoms with Crippen LogP contribution in [0, 0.1) is 47.3 Å². The van der Waals surface area contributed by atoms with Crippen LogP contribution >= 0.6 is 0 Å². The van der Waals surface area contributed by atoms with E-state index in [1.165, 1.54) is 13.8 Å². The molecule has 1 aromatic carbocycles. The molecule has 148 valence electrons. The summed E-state index contributed by atoms with van der Waals surface area (Å²) in [5, 5.41) is 19.2. The van der Waals surface area contributed by atoms with Gasteiger partial charge in [0.2, 0.25) is 40.7 Å². The van der Waals surface area contributed by atoms with Gasteiger partial charge in [-0.3, -0.25) is 14.2 Å². The number of ketones is 1. The lowest BCUT2D eigenvalue weighted by Crippen LogP contribution is -2.27. The topological polar surface area (TPSA) is 92.3 Å². The number of ether oxygens (including phenoxy) is 1. The molecular weight excluding hydrogens is 391 g/mol. The molecule has 0 atom stereocenters. The minimum absolute atomic E-state index is 0.113. The van der Waals surface area contributed by atoms with Gasteiger partial charge in [0.05, 0.1) is 5.56 Å². The van der Waals surface area contributed by atoms with Crippen LogP contribution in [0.3, 0.4) is 0 Å². The third-order valence-corrected chi connectivity index (χ3v) is 3.91. The molecule has 1 N–H and O–H groups in total. The standard InChI is InChI=1S/C17H11F5N2O4/c1-3-24-16(26)7(4-23)6(2)9(17(24)27)8(25)5-28-15-13(21)11(19)10(18)12(20)14(15)22/h27H,3,5H2,1-2H3. The first kappa shape index (κ1) is 20.9. The number of pyridine rings is 1. The maximum atomic E-state index is 13.6. The maximum Gasteiger partial charge on any atom is 0.271 e. The Kier molecular flexibility index (Phi) is 5.72. The van der Waals surface area contributed by atoms with Crippen molar-refractivity contribution in [3.63, 3.8) is 0 Å². The van der Waals surface area contributed by atoms with Gasteiger partial charge in [-0.1, -0.05) is 0 Å². The number of carbonyl (C=O) groups excluding carboxylic acids is 1. The quantitative estimate of drug-likeness (QED) is 0.359. The summed E-state index contributed by atoms with van der Waals surface area (Å²) in [6.45, 7) is 1.26. The number of benzene rings is 1. The Morgan fingerprint density at radius 1 is 1.11 bits per heavy atom. The Bertz CT molecular complexity index is 1060. The summed E-state index contributed by atoms with van der Waals surface area (Å²) in [6.07, 6.45) is 0. The second kappa shape index (κ2) is 7.67. The number of hydrogen-bond donors (Lipinski definition) is 1. The number of nitriles is 1. The summed E-state index contributed by atoms with van der Waals surface area (Å²) in [6, 6.07) is 1.58. The zero-order chi connectivity index (χ0) is 21.3. The number of nitrogens with zero attached hydrogens (tertiary/aromatic N) is 2. The molecular formula is C17H11F5N2O4. The van der Waals surface area contributed by atoms with Crippen LogP contribution in [0.15, 0.2) is 4.79 Å². The summed E-state index contributed by atoms with van der Waals surface area (Å²) in [7, 11) is 0. The molecule has 2 rings (SSSR count). The van der Waals surface area contributed by atoms with Crippen LogP contribution < -0.4 is 10.3 Å². The van der Waals surface area contributed by atoms with Crippen LogP contribution in [-0.4, -0.2) is 22.1 Å². The van der Waals surface area contributed by atoms with E-state index >= 15 is 0 Å². The highest BCUT2D eigenvalue weighted by molar-refractivity contribution is 6.01. The Labute approximate surface area is 154 Å². The molecule has 0 aliphatic carbocycles. The molecule has 0 spiro atoms. The molecule has 0 fully saturated rings. The van der Waals surface area contributed by atoms with Crippen molar-refractivity contribution in [3.8, 4) is 17.7 Å². The summed E-state index contributed by atoms with van der Waals surface area (Å²) in [5.41, 5.74) is -2.10. The van der Waals surface area contributed by atoms with Crippen LogP contribution in [0.1, 0.15) is 28.4 Å². The molecule has 1 heterocycles. The third kappa shape index (κ3) is 3.17. The number of aromatic hydroxyl groups is 1. The van der Waals surface area contributed by atoms with Crippen LogP contribution in [-0.2, 0) is 6.54 Å². The van der Waals surface area contributed by atoms with Crippen LogP contribution in [0.4, 0.5) is 22.0 Å². The molecule has 2 aromatic rings. The van der Waals surface area contributed by atoms with E-state index in [1.54, 1.807) is 6.07 Å². The van der Waals surface area contributed by atoms with Crippen molar-refractivity contribution in [3.05, 3.63) is 56.1 Å². The molecule has 0 saturated carbocycles. The lowest BCUT2D eigenvalue weighted by molar-refractivity contribution is 0.0908. The van der Waals surface area contributed by atoms with E-state index in [-0.39, 0.29) is 12.1 Å². The van der Waals surface area contributed by atoms with Crippen molar-refractivity contribution >= 4 is 5.78 Å². The molecule has 0 unspecified atom stereocenters. The number of halogens is 5. The largest absolute Gasteiger partial charge is 0.494 e. The van der Waals surface area contributed by atoms with E-state index in [0.29, 0.717) is 4.57 Å². The van der Waals surface area contributed by atoms with Crippen LogP contribution in [0.25, 0.3) is 0 Å². The third-order valence-electron chi connectivity index (χ3n) is 3.91. The molecule has 0 saturated heterocycles. The second-order valence-electron chi connectivity index (χ2n) is 5.47. The number of carbonyl (C=O) groups is 1. The first-order valence-corrected chi connectivity index (χ1v) is 7.62. The van der Waals surface area contributed by atoms with Gasteiger partial charge in [-0.2, -0.15) is 14.0 Å². The van der Waals surface area contributed by atoms with E-state index in [1.807, 2.05) is 0 Å². The highest BCUT2D eigenvalue weighted by Gasteiger charge is 2.29. The Balaban J connectivity index is 2.49. The zero-order valence-corrected chi connectivity index (χ0v) is 14.4. The predicted octanol–water partition coefficient (Wildman–Crippen LogP) is 2.71. The number of Topliss-reactive ketones (excluding diaryl/α,β-unsaturated/α-hetero) is 1. The van der Waals surface area contributed by atoms with Gasteiger partial charge in [-0.25, -0.2) is 13.2 Å². The van der Waals surface area contributed by atoms with Gasteiger partial charge in [0.15, 0.2) is 12.4 Å². The Hall–Kier alpha value is -3.42. The van der Waals surface area contributed by atoms with E-state index in [9.17, 15) is 36.6 Å². The van der Waals surface area contributed by atoms with Gasteiger partial charge in [-0.05, 0) is 19.4 Å². The van der Waals surface area contributed by atoms with E-state index in [0.717, 1.165) is 0 Å². The predicted molar refractivity (Wildman–Crippen MR) is 83.6 cm³/mol. The fraction of sp³-hybridized carbons (Fsp3) is 0.235. The van der Waals surface area contributed by atoms with Crippen molar-refractivity contribution in [2.45, 2.75) is 20.4 Å². The lowest BCUT2D eigenvalue weighted by atomic mass is 10.0. The lowest BCUT2D eigenvalue weighted by Gasteiger charge is -2.15. The summed E-state index contributed by atoms with van der Waals surface area (Å²) < 4.78 is 71.8. The molecule has 0 aliphatic heterocycles. The Morgan fingerprint density at radius 3 is 2.07 bits per heavy atom. The molecule has 1 aromatic heterocycles. The smallest absolute Gasteiger partial charge is 0.271 e. The molecule has 0 radical (unpaired) electrons. The van der Waals surface area contributed by atoms with E-state index < -0.39 is 69.8 Å². The van der Waals surface area contributed by atoms with Gasteiger partial charge in [0.25, 0.3) is 5.56 Å².